The SMILES string of the molecule is COc1ccc(C(=O)O)cc1-n1nc(C(=O)O)c(C(=O)O)n1. The quantitative estimate of drug-likeness (QED) is 0.711. The second kappa shape index (κ2) is 5.52. The molecule has 10 heteroatoms. The van der Waals surface area contributed by atoms with Crippen LogP contribution in [-0.2, 0) is 0 Å². The molecule has 0 amide bonds. The van der Waals surface area contributed by atoms with Crippen molar-refractivity contribution in [3.8, 4) is 11.4 Å². The fourth-order valence-corrected chi connectivity index (χ4v) is 1.68. The maximum absolute atomic E-state index is 11.0. The van der Waals surface area contributed by atoms with Crippen molar-refractivity contribution in [1.29, 1.82) is 0 Å². The average molecular weight is 307 g/mol. The van der Waals surface area contributed by atoms with Gasteiger partial charge in [-0.2, -0.15) is 0 Å². The number of methoxy groups -OCH3 is 1. The molecule has 2 aromatic rings. The summed E-state index contributed by atoms with van der Waals surface area (Å²) in [6, 6.07) is 3.73. The first-order valence-corrected chi connectivity index (χ1v) is 5.70. The van der Waals surface area contributed by atoms with E-state index in [9.17, 15) is 14.4 Å². The lowest BCUT2D eigenvalue weighted by Crippen LogP contribution is -2.07. The molecule has 0 atom stereocenters. The molecular formula is C12H9N3O7. The lowest BCUT2D eigenvalue weighted by molar-refractivity contribution is 0.0644. The Hall–Kier alpha value is -3.43. The van der Waals surface area contributed by atoms with Gasteiger partial charge in [-0.25, -0.2) is 14.4 Å². The Morgan fingerprint density at radius 1 is 1.00 bits per heavy atom. The van der Waals surface area contributed by atoms with Gasteiger partial charge < -0.3 is 20.1 Å². The van der Waals surface area contributed by atoms with Gasteiger partial charge in [-0.1, -0.05) is 0 Å². The van der Waals surface area contributed by atoms with Crippen LogP contribution >= 0.6 is 0 Å². The Balaban J connectivity index is 2.67. The Labute approximate surface area is 122 Å². The standard InChI is InChI=1S/C12H9N3O7/c1-22-7-3-2-5(10(16)17)4-6(7)15-13-8(11(18)19)9(14-15)12(20)21/h2-4H,1H3,(H,16,17)(H,18,19)(H,20,21). The van der Waals surface area contributed by atoms with Crippen molar-refractivity contribution in [2.75, 3.05) is 7.11 Å². The average Bonchev–Trinajstić information content (AvgIpc) is 2.92. The molecule has 0 unspecified atom stereocenters. The van der Waals surface area contributed by atoms with E-state index in [4.69, 9.17) is 20.1 Å². The minimum atomic E-state index is -1.57. The topological polar surface area (TPSA) is 152 Å². The number of hydrogen-bond acceptors (Lipinski definition) is 6. The van der Waals surface area contributed by atoms with Gasteiger partial charge in [0.05, 0.1) is 12.7 Å². The molecule has 1 heterocycles. The zero-order chi connectivity index (χ0) is 16.4. The monoisotopic (exact) mass is 307 g/mol. The van der Waals surface area contributed by atoms with Gasteiger partial charge >= 0.3 is 17.9 Å². The van der Waals surface area contributed by atoms with Crippen LogP contribution in [0.25, 0.3) is 5.69 Å². The van der Waals surface area contributed by atoms with Crippen molar-refractivity contribution < 1.29 is 34.4 Å². The van der Waals surface area contributed by atoms with Gasteiger partial charge in [0, 0.05) is 0 Å². The molecule has 114 valence electrons. The third-order valence-corrected chi connectivity index (χ3v) is 2.66. The summed E-state index contributed by atoms with van der Waals surface area (Å²) in [7, 11) is 1.30. The van der Waals surface area contributed by atoms with Crippen LogP contribution in [0.3, 0.4) is 0 Å². The molecule has 22 heavy (non-hydrogen) atoms. The largest absolute Gasteiger partial charge is 0.494 e. The second-order valence-electron chi connectivity index (χ2n) is 3.99. The van der Waals surface area contributed by atoms with Crippen LogP contribution in [-0.4, -0.2) is 55.3 Å². The number of hydrogen-bond donors (Lipinski definition) is 3. The highest BCUT2D eigenvalue weighted by molar-refractivity contribution is 5.98. The van der Waals surface area contributed by atoms with E-state index >= 15 is 0 Å². The Morgan fingerprint density at radius 2 is 1.55 bits per heavy atom. The van der Waals surface area contributed by atoms with Gasteiger partial charge in [0.25, 0.3) is 0 Å². The third-order valence-electron chi connectivity index (χ3n) is 2.66. The Morgan fingerprint density at radius 3 is 1.95 bits per heavy atom. The van der Waals surface area contributed by atoms with Crippen LogP contribution in [0.1, 0.15) is 31.3 Å². The lowest BCUT2D eigenvalue weighted by atomic mass is 10.2. The molecule has 0 saturated heterocycles. The fraction of sp³-hybridized carbons (Fsp3) is 0.0833. The summed E-state index contributed by atoms with van der Waals surface area (Å²) in [5.41, 5.74) is -1.66. The molecule has 0 aliphatic heterocycles. The summed E-state index contributed by atoms with van der Waals surface area (Å²) in [6.45, 7) is 0. The fourth-order valence-electron chi connectivity index (χ4n) is 1.68. The van der Waals surface area contributed by atoms with Gasteiger partial charge in [-0.3, -0.25) is 0 Å². The third kappa shape index (κ3) is 2.57. The molecule has 1 aromatic heterocycles. The zero-order valence-electron chi connectivity index (χ0n) is 11.0. The normalized spacial score (nSPS) is 10.2. The van der Waals surface area contributed by atoms with Gasteiger partial charge in [0.1, 0.15) is 11.4 Å². The number of carboxylic acids is 3. The Kier molecular flexibility index (Phi) is 3.75. The zero-order valence-corrected chi connectivity index (χ0v) is 11.0. The molecule has 0 aliphatic carbocycles. The molecule has 0 bridgehead atoms. The van der Waals surface area contributed by atoms with E-state index < -0.39 is 29.3 Å². The molecule has 1 aromatic carbocycles. The van der Waals surface area contributed by atoms with Gasteiger partial charge in [0.15, 0.2) is 0 Å². The van der Waals surface area contributed by atoms with E-state index in [1.165, 1.54) is 19.2 Å². The number of carbonyl (C=O) groups is 3. The van der Waals surface area contributed by atoms with Crippen LogP contribution in [0, 0.1) is 0 Å². The van der Waals surface area contributed by atoms with E-state index in [1.54, 1.807) is 0 Å². The number of rotatable bonds is 5. The molecule has 3 N–H and O–H groups in total. The molecule has 10 nitrogen and oxygen atoms in total. The van der Waals surface area contributed by atoms with E-state index in [0.29, 0.717) is 4.80 Å². The minimum Gasteiger partial charge on any atom is -0.494 e. The van der Waals surface area contributed by atoms with Crippen molar-refractivity contribution in [3.63, 3.8) is 0 Å². The first-order valence-electron chi connectivity index (χ1n) is 5.70. The number of nitrogens with zero attached hydrogens (tertiary/aromatic N) is 3. The molecule has 0 radical (unpaired) electrons. The molecule has 2 rings (SSSR count). The Bertz CT molecular complexity index is 750. The van der Waals surface area contributed by atoms with Crippen LogP contribution in [0.5, 0.6) is 5.75 Å². The van der Waals surface area contributed by atoms with Gasteiger partial charge in [0.2, 0.25) is 11.4 Å². The first kappa shape index (κ1) is 15.0. The van der Waals surface area contributed by atoms with E-state index in [1.807, 2.05) is 0 Å². The summed E-state index contributed by atoms with van der Waals surface area (Å²) in [4.78, 5) is 33.7. The number of aromatic carboxylic acids is 3. The van der Waals surface area contributed by atoms with Crippen LogP contribution in [0.2, 0.25) is 0 Å². The molecule has 0 aliphatic rings. The first-order chi connectivity index (χ1) is 10.3. The summed E-state index contributed by atoms with van der Waals surface area (Å²) < 4.78 is 5.02. The van der Waals surface area contributed by atoms with Crippen molar-refractivity contribution in [3.05, 3.63) is 35.2 Å². The van der Waals surface area contributed by atoms with Crippen LogP contribution in [0.4, 0.5) is 0 Å². The molecule has 0 saturated carbocycles. The summed E-state index contributed by atoms with van der Waals surface area (Å²) in [6.07, 6.45) is 0. The highest BCUT2D eigenvalue weighted by Crippen LogP contribution is 2.23. The highest BCUT2D eigenvalue weighted by atomic mass is 16.5. The van der Waals surface area contributed by atoms with Crippen molar-refractivity contribution in [2.45, 2.75) is 0 Å². The molecule has 0 fully saturated rings. The number of carboxylic acid groups (broad SMARTS) is 3. The number of ether oxygens (including phenoxy) is 1. The summed E-state index contributed by atoms with van der Waals surface area (Å²) >= 11 is 0. The minimum absolute atomic E-state index is 0.00241. The lowest BCUT2D eigenvalue weighted by Gasteiger charge is -2.07. The van der Waals surface area contributed by atoms with Crippen LogP contribution in [0.15, 0.2) is 18.2 Å². The van der Waals surface area contributed by atoms with Gasteiger partial charge in [-0.15, -0.1) is 15.0 Å². The second-order valence-corrected chi connectivity index (χ2v) is 3.99. The van der Waals surface area contributed by atoms with Gasteiger partial charge in [-0.05, 0) is 18.2 Å². The van der Waals surface area contributed by atoms with Crippen LogP contribution < -0.4 is 4.74 Å². The smallest absolute Gasteiger partial charge is 0.359 e. The van der Waals surface area contributed by atoms with E-state index in [2.05, 4.69) is 10.2 Å². The van der Waals surface area contributed by atoms with E-state index in [0.717, 1.165) is 6.07 Å². The van der Waals surface area contributed by atoms with Crippen molar-refractivity contribution in [1.82, 2.24) is 15.0 Å². The molecule has 0 spiro atoms. The summed E-state index contributed by atoms with van der Waals surface area (Å²) in [5.74, 6) is -4.23. The van der Waals surface area contributed by atoms with Crippen molar-refractivity contribution in [2.24, 2.45) is 0 Å². The highest BCUT2D eigenvalue weighted by Gasteiger charge is 2.25. The summed E-state index contributed by atoms with van der Waals surface area (Å²) in [5, 5.41) is 34.0. The predicted octanol–water partition coefficient (Wildman–Crippen LogP) is 0.370. The molecular weight excluding hydrogens is 298 g/mol. The number of aromatic nitrogens is 3. The maximum atomic E-state index is 11.0. The predicted molar refractivity (Wildman–Crippen MR) is 68.8 cm³/mol. The number of benzene rings is 1. The maximum Gasteiger partial charge on any atom is 0.359 e. The van der Waals surface area contributed by atoms with E-state index in [-0.39, 0.29) is 17.0 Å². The van der Waals surface area contributed by atoms with Crippen molar-refractivity contribution >= 4 is 17.9 Å².